The van der Waals surface area contributed by atoms with Gasteiger partial charge in [-0.3, -0.25) is 19.0 Å². The Morgan fingerprint density at radius 2 is 1.52 bits per heavy atom. The average molecular weight is 745 g/mol. The molecule has 2 aliphatic rings. The number of benzene rings is 1. The zero-order valence-corrected chi connectivity index (χ0v) is 31.6. The van der Waals surface area contributed by atoms with Crippen LogP contribution in [0, 0.1) is 0 Å². The molecule has 2 fully saturated rings. The maximum atomic E-state index is 14.0. The zero-order valence-electron chi connectivity index (χ0n) is 29.6. The molecule has 4 rings (SSSR count). The topological polar surface area (TPSA) is 134 Å². The first-order chi connectivity index (χ1) is 23.3. The lowest BCUT2D eigenvalue weighted by Crippen LogP contribution is -2.66. The van der Waals surface area contributed by atoms with Crippen molar-refractivity contribution in [2.75, 3.05) is 19.8 Å². The van der Waals surface area contributed by atoms with Gasteiger partial charge in [0.15, 0.2) is 12.8 Å². The summed E-state index contributed by atoms with van der Waals surface area (Å²) in [7, 11) is -6.27. The molecule has 1 unspecified atom stereocenters. The van der Waals surface area contributed by atoms with Gasteiger partial charge in [0.2, 0.25) is 0 Å². The highest BCUT2D eigenvalue weighted by Crippen LogP contribution is 2.48. The SMILES string of the molecule is CC(C)[Si]1(C(C)C)OC[C@H]2O[C@@H](n3ccc(=O)n(C(=O)c4ccccc4)c3=O)[C@@H](OCCC(=O)OCC(F)(F)F)C2O[Si](C(C)C)(C(C)C)O1. The third-order valence-electron chi connectivity index (χ3n) is 9.14. The summed E-state index contributed by atoms with van der Waals surface area (Å²) in [6.07, 6.45) is -8.29. The molecule has 2 saturated heterocycles. The van der Waals surface area contributed by atoms with Gasteiger partial charge in [0.1, 0.15) is 18.3 Å². The van der Waals surface area contributed by atoms with Crippen molar-refractivity contribution in [3.8, 4) is 0 Å². The van der Waals surface area contributed by atoms with Gasteiger partial charge in [-0.1, -0.05) is 73.6 Å². The van der Waals surface area contributed by atoms with Crippen molar-refractivity contribution >= 4 is 29.0 Å². The molecule has 1 aromatic heterocycles. The first kappa shape index (κ1) is 39.8. The minimum absolute atomic E-state index is 0.00472. The van der Waals surface area contributed by atoms with Crippen LogP contribution in [0.15, 0.2) is 52.2 Å². The Bertz CT molecular complexity index is 1600. The predicted octanol–water partition coefficient (Wildman–Crippen LogP) is 5.43. The Labute approximate surface area is 291 Å². The van der Waals surface area contributed by atoms with Crippen LogP contribution in [0.5, 0.6) is 0 Å². The molecule has 1 aromatic carbocycles. The molecule has 4 atom stereocenters. The molecule has 278 valence electrons. The van der Waals surface area contributed by atoms with Crippen molar-refractivity contribution in [1.82, 2.24) is 9.13 Å². The number of halogens is 3. The molecule has 2 aromatic rings. The van der Waals surface area contributed by atoms with Crippen molar-refractivity contribution in [2.24, 2.45) is 0 Å². The van der Waals surface area contributed by atoms with Crippen molar-refractivity contribution in [2.45, 2.75) is 115 Å². The monoisotopic (exact) mass is 744 g/mol. The van der Waals surface area contributed by atoms with E-state index in [0.29, 0.717) is 4.57 Å². The highest BCUT2D eigenvalue weighted by Gasteiger charge is 2.62. The molecule has 12 nitrogen and oxygen atoms in total. The van der Waals surface area contributed by atoms with Gasteiger partial charge >= 0.3 is 35.0 Å². The first-order valence-corrected chi connectivity index (χ1v) is 20.7. The summed E-state index contributed by atoms with van der Waals surface area (Å²) >= 11 is 0. The Morgan fingerprint density at radius 3 is 2.08 bits per heavy atom. The summed E-state index contributed by atoms with van der Waals surface area (Å²) in [6.45, 7) is 14.1. The Balaban J connectivity index is 1.80. The molecule has 50 heavy (non-hydrogen) atoms. The van der Waals surface area contributed by atoms with E-state index >= 15 is 0 Å². The maximum absolute atomic E-state index is 14.0. The third-order valence-corrected chi connectivity index (χ3v) is 19.4. The van der Waals surface area contributed by atoms with Crippen molar-refractivity contribution in [1.29, 1.82) is 0 Å². The second kappa shape index (κ2) is 15.8. The van der Waals surface area contributed by atoms with Gasteiger partial charge in [0.25, 0.3) is 11.5 Å². The highest BCUT2D eigenvalue weighted by atomic mass is 28.5. The van der Waals surface area contributed by atoms with Crippen LogP contribution in [0.1, 0.15) is 78.4 Å². The Kier molecular flexibility index (Phi) is 12.6. The molecule has 0 amide bonds. The van der Waals surface area contributed by atoms with Crippen LogP contribution in [0.25, 0.3) is 0 Å². The molecule has 0 N–H and O–H groups in total. The van der Waals surface area contributed by atoms with E-state index < -0.39 is 90.6 Å². The number of nitrogens with zero attached hydrogens (tertiary/aromatic N) is 2. The fraction of sp³-hybridized carbons (Fsp3) is 0.636. The summed E-state index contributed by atoms with van der Waals surface area (Å²) in [4.78, 5) is 52.5. The van der Waals surface area contributed by atoms with Gasteiger partial charge in [0.05, 0.1) is 19.6 Å². The van der Waals surface area contributed by atoms with Crippen LogP contribution in [0.3, 0.4) is 0 Å². The standard InChI is InChI=1S/C33H47F3N2O10Si2/c1-20(2)49(21(3)4)45-18-25-28(47-50(48-49,22(5)6)23(7)8)29(43-17-15-27(40)44-19-33(34,35)36)31(46-25)37-16-14-26(39)38(32(37)42)30(41)24-12-10-9-11-13-24/h9-14,16,20-23,25,28-29,31H,15,17-19H2,1-8H3/t25-,28?,29+,31-/m1/s1. The first-order valence-electron chi connectivity index (χ1n) is 16.8. The van der Waals surface area contributed by atoms with E-state index in [4.69, 9.17) is 22.4 Å². The summed E-state index contributed by atoms with van der Waals surface area (Å²) in [6, 6.07) is 8.86. The van der Waals surface area contributed by atoms with E-state index in [1.54, 1.807) is 18.2 Å². The molecule has 0 bridgehead atoms. The lowest BCUT2D eigenvalue weighted by molar-refractivity contribution is -0.187. The van der Waals surface area contributed by atoms with Gasteiger partial charge in [-0.05, 0) is 34.3 Å². The molecule has 0 aliphatic carbocycles. The molecule has 0 radical (unpaired) electrons. The normalized spacial score (nSPS) is 23.6. The third kappa shape index (κ3) is 8.24. The molecule has 3 heterocycles. The number of hydrogen-bond donors (Lipinski definition) is 0. The van der Waals surface area contributed by atoms with Crippen molar-refractivity contribution in [3.05, 3.63) is 69.0 Å². The molecule has 0 saturated carbocycles. The predicted molar refractivity (Wildman–Crippen MR) is 180 cm³/mol. The number of alkyl halides is 3. The van der Waals surface area contributed by atoms with Crippen molar-refractivity contribution in [3.63, 3.8) is 0 Å². The van der Waals surface area contributed by atoms with E-state index in [2.05, 4.69) is 32.4 Å². The maximum Gasteiger partial charge on any atom is 0.422 e. The minimum atomic E-state index is -4.70. The van der Waals surface area contributed by atoms with Gasteiger partial charge in [-0.15, -0.1) is 0 Å². The van der Waals surface area contributed by atoms with Crippen molar-refractivity contribution < 1.29 is 49.9 Å². The number of ether oxygens (including phenoxy) is 3. The number of hydrogen-bond acceptors (Lipinski definition) is 10. The Morgan fingerprint density at radius 1 is 0.920 bits per heavy atom. The summed E-state index contributed by atoms with van der Waals surface area (Å²) in [5, 5.41) is 0. The van der Waals surface area contributed by atoms with E-state index in [-0.39, 0.29) is 34.3 Å². The average Bonchev–Trinajstić information content (AvgIpc) is 3.35. The number of carbonyl (C=O) groups excluding carboxylic acids is 2. The number of fused-ring (bicyclic) bond motifs is 1. The van der Waals surface area contributed by atoms with E-state index in [0.717, 1.165) is 10.6 Å². The fourth-order valence-electron chi connectivity index (χ4n) is 6.62. The molecule has 0 spiro atoms. The molecular formula is C33H47F3N2O10Si2. The lowest BCUT2D eigenvalue weighted by Gasteiger charge is -2.51. The van der Waals surface area contributed by atoms with Gasteiger partial charge in [-0.25, -0.2) is 4.79 Å². The number of rotatable bonds is 11. The van der Waals surface area contributed by atoms with E-state index in [9.17, 15) is 32.3 Å². The minimum Gasteiger partial charge on any atom is -0.456 e. The fourth-order valence-corrected chi connectivity index (χ4v) is 17.8. The second-order valence-corrected chi connectivity index (χ2v) is 22.7. The highest BCUT2D eigenvalue weighted by molar-refractivity contribution is 6.84. The molecule has 2 aliphatic heterocycles. The van der Waals surface area contributed by atoms with Gasteiger partial charge < -0.3 is 27.2 Å². The molecular weight excluding hydrogens is 698 g/mol. The van der Waals surface area contributed by atoms with E-state index in [1.807, 2.05) is 27.7 Å². The second-order valence-electron chi connectivity index (χ2n) is 13.8. The van der Waals surface area contributed by atoms with E-state index in [1.165, 1.54) is 18.3 Å². The Hall–Kier alpha value is -2.94. The number of aromatic nitrogens is 2. The quantitative estimate of drug-likeness (QED) is 0.217. The number of esters is 1. The van der Waals surface area contributed by atoms with Crippen LogP contribution in [0.2, 0.25) is 22.2 Å². The zero-order chi connectivity index (χ0) is 37.2. The molecule has 17 heteroatoms. The lowest BCUT2D eigenvalue weighted by atomic mass is 10.1. The van der Waals surface area contributed by atoms with Crippen LogP contribution >= 0.6 is 0 Å². The smallest absolute Gasteiger partial charge is 0.422 e. The summed E-state index contributed by atoms with van der Waals surface area (Å²) in [5.74, 6) is -2.00. The summed E-state index contributed by atoms with van der Waals surface area (Å²) in [5.41, 5.74) is -1.92. The van der Waals surface area contributed by atoms with Gasteiger partial charge in [0, 0.05) is 17.8 Å². The van der Waals surface area contributed by atoms with Crippen LogP contribution < -0.4 is 11.2 Å². The largest absolute Gasteiger partial charge is 0.456 e. The van der Waals surface area contributed by atoms with Crippen LogP contribution in [0.4, 0.5) is 13.2 Å². The van der Waals surface area contributed by atoms with Crippen LogP contribution in [-0.4, -0.2) is 82.4 Å². The summed E-state index contributed by atoms with van der Waals surface area (Å²) < 4.78 is 77.7. The van der Waals surface area contributed by atoms with Gasteiger partial charge in [-0.2, -0.15) is 17.7 Å². The number of carbonyl (C=O) groups is 2. The van der Waals surface area contributed by atoms with Crippen LogP contribution in [-0.2, 0) is 32.0 Å².